The Morgan fingerprint density at radius 1 is 1.53 bits per heavy atom. The zero-order valence-electron chi connectivity index (χ0n) is 10.7. The number of nitrogens with two attached hydrogens (primary N) is 1. The molecule has 0 aliphatic carbocycles. The molecule has 2 amide bonds. The summed E-state index contributed by atoms with van der Waals surface area (Å²) in [7, 11) is 0. The highest BCUT2D eigenvalue weighted by molar-refractivity contribution is 5.97. The molecule has 0 aromatic heterocycles. The van der Waals surface area contributed by atoms with Gasteiger partial charge in [0.25, 0.3) is 5.91 Å². The van der Waals surface area contributed by atoms with Crippen LogP contribution in [-0.2, 0) is 16.1 Å². The number of hydrogen-bond acceptors (Lipinski definition) is 4. The van der Waals surface area contributed by atoms with E-state index < -0.39 is 6.10 Å². The summed E-state index contributed by atoms with van der Waals surface area (Å²) in [6.07, 6.45) is -0.176. The maximum absolute atomic E-state index is 11.5. The van der Waals surface area contributed by atoms with Crippen molar-refractivity contribution >= 4 is 17.5 Å². The number of carbonyl (C=O) groups is 2. The van der Waals surface area contributed by atoms with Gasteiger partial charge in [-0.25, -0.2) is 0 Å². The summed E-state index contributed by atoms with van der Waals surface area (Å²) in [4.78, 5) is 22.8. The third-order valence-corrected chi connectivity index (χ3v) is 2.84. The Kier molecular flexibility index (Phi) is 4.01. The molecule has 0 saturated heterocycles. The lowest BCUT2D eigenvalue weighted by atomic mass is 10.1. The molecule has 0 fully saturated rings. The van der Waals surface area contributed by atoms with Crippen LogP contribution in [0, 0.1) is 0 Å². The fourth-order valence-corrected chi connectivity index (χ4v) is 1.79. The second-order valence-electron chi connectivity index (χ2n) is 4.40. The minimum absolute atomic E-state index is 0.0888. The fourth-order valence-electron chi connectivity index (χ4n) is 1.79. The molecule has 102 valence electrons. The van der Waals surface area contributed by atoms with Crippen molar-refractivity contribution in [2.75, 3.05) is 11.9 Å². The third-order valence-electron chi connectivity index (χ3n) is 2.84. The van der Waals surface area contributed by atoms with Crippen molar-refractivity contribution in [3.8, 4) is 5.75 Å². The lowest BCUT2D eigenvalue weighted by Crippen LogP contribution is -2.34. The standard InChI is InChI=1S/C13H17N3O3/c1-8-13(18)16-10-6-9(2-3-11(10)19-8)7-15-12(17)4-5-14/h2-3,6,8H,4-5,7,14H2,1H3,(H,15,17)(H,16,18). The molecule has 0 saturated carbocycles. The molecular formula is C13H17N3O3. The maximum atomic E-state index is 11.5. The Balaban J connectivity index is 2.03. The first-order chi connectivity index (χ1) is 9.10. The van der Waals surface area contributed by atoms with Crippen molar-refractivity contribution in [2.24, 2.45) is 5.73 Å². The Hall–Kier alpha value is -2.08. The molecule has 1 aliphatic rings. The Morgan fingerprint density at radius 3 is 3.05 bits per heavy atom. The summed E-state index contributed by atoms with van der Waals surface area (Å²) >= 11 is 0. The SMILES string of the molecule is CC1Oc2ccc(CNC(=O)CCN)cc2NC1=O. The molecular weight excluding hydrogens is 246 g/mol. The van der Waals surface area contributed by atoms with E-state index in [-0.39, 0.29) is 11.8 Å². The van der Waals surface area contributed by atoms with E-state index in [1.54, 1.807) is 19.1 Å². The van der Waals surface area contributed by atoms with Crippen LogP contribution in [0.4, 0.5) is 5.69 Å². The van der Waals surface area contributed by atoms with Crippen LogP contribution < -0.4 is 21.1 Å². The molecule has 2 rings (SSSR count). The lowest BCUT2D eigenvalue weighted by Gasteiger charge is -2.23. The smallest absolute Gasteiger partial charge is 0.265 e. The molecule has 1 aliphatic heterocycles. The van der Waals surface area contributed by atoms with Crippen molar-refractivity contribution in [1.29, 1.82) is 0 Å². The molecule has 0 radical (unpaired) electrons. The molecule has 1 aromatic rings. The molecule has 19 heavy (non-hydrogen) atoms. The van der Waals surface area contributed by atoms with Crippen LogP contribution in [0.1, 0.15) is 18.9 Å². The average Bonchev–Trinajstić information content (AvgIpc) is 2.38. The molecule has 0 spiro atoms. The summed E-state index contributed by atoms with van der Waals surface area (Å²) < 4.78 is 5.45. The van der Waals surface area contributed by atoms with Gasteiger partial charge in [-0.3, -0.25) is 9.59 Å². The van der Waals surface area contributed by atoms with Crippen molar-refractivity contribution in [1.82, 2.24) is 5.32 Å². The van der Waals surface area contributed by atoms with Gasteiger partial charge in [-0.1, -0.05) is 6.07 Å². The van der Waals surface area contributed by atoms with Gasteiger partial charge in [-0.2, -0.15) is 0 Å². The first-order valence-corrected chi connectivity index (χ1v) is 6.17. The van der Waals surface area contributed by atoms with Gasteiger partial charge >= 0.3 is 0 Å². The zero-order valence-corrected chi connectivity index (χ0v) is 10.7. The molecule has 6 nitrogen and oxygen atoms in total. The Morgan fingerprint density at radius 2 is 2.32 bits per heavy atom. The maximum Gasteiger partial charge on any atom is 0.265 e. The first kappa shape index (κ1) is 13.4. The summed E-state index contributed by atoms with van der Waals surface area (Å²) in [5, 5.41) is 5.52. The Labute approximate surface area is 111 Å². The van der Waals surface area contributed by atoms with Gasteiger partial charge in [0.2, 0.25) is 5.91 Å². The molecule has 1 aromatic carbocycles. The number of carbonyl (C=O) groups excluding carboxylic acids is 2. The van der Waals surface area contributed by atoms with Crippen LogP contribution in [0.25, 0.3) is 0 Å². The highest BCUT2D eigenvalue weighted by atomic mass is 16.5. The number of rotatable bonds is 4. The minimum Gasteiger partial charge on any atom is -0.479 e. The predicted molar refractivity (Wildman–Crippen MR) is 70.7 cm³/mol. The van der Waals surface area contributed by atoms with Gasteiger partial charge in [0, 0.05) is 19.5 Å². The van der Waals surface area contributed by atoms with Crippen LogP contribution in [0.3, 0.4) is 0 Å². The van der Waals surface area contributed by atoms with E-state index >= 15 is 0 Å². The largest absolute Gasteiger partial charge is 0.479 e. The van der Waals surface area contributed by atoms with E-state index in [0.29, 0.717) is 30.9 Å². The van der Waals surface area contributed by atoms with E-state index in [0.717, 1.165) is 5.56 Å². The number of fused-ring (bicyclic) bond motifs is 1. The number of benzene rings is 1. The second kappa shape index (κ2) is 5.71. The van der Waals surface area contributed by atoms with Crippen LogP contribution >= 0.6 is 0 Å². The van der Waals surface area contributed by atoms with E-state index in [9.17, 15) is 9.59 Å². The first-order valence-electron chi connectivity index (χ1n) is 6.17. The van der Waals surface area contributed by atoms with Gasteiger partial charge in [-0.15, -0.1) is 0 Å². The third kappa shape index (κ3) is 3.23. The zero-order chi connectivity index (χ0) is 13.8. The summed E-state index contributed by atoms with van der Waals surface area (Å²) in [5.41, 5.74) is 6.82. The quantitative estimate of drug-likeness (QED) is 0.731. The average molecular weight is 263 g/mol. The van der Waals surface area contributed by atoms with Gasteiger partial charge < -0.3 is 21.1 Å². The molecule has 1 unspecified atom stereocenters. The highest BCUT2D eigenvalue weighted by Crippen LogP contribution is 2.30. The lowest BCUT2D eigenvalue weighted by molar-refractivity contribution is -0.123. The highest BCUT2D eigenvalue weighted by Gasteiger charge is 2.23. The van der Waals surface area contributed by atoms with E-state index in [1.165, 1.54) is 0 Å². The van der Waals surface area contributed by atoms with Crippen molar-refractivity contribution in [2.45, 2.75) is 26.0 Å². The second-order valence-corrected chi connectivity index (χ2v) is 4.40. The van der Waals surface area contributed by atoms with E-state index in [4.69, 9.17) is 10.5 Å². The van der Waals surface area contributed by atoms with Crippen molar-refractivity contribution < 1.29 is 14.3 Å². The van der Waals surface area contributed by atoms with Crippen molar-refractivity contribution in [3.05, 3.63) is 23.8 Å². The van der Waals surface area contributed by atoms with Crippen LogP contribution in [-0.4, -0.2) is 24.5 Å². The Bertz CT molecular complexity index is 502. The van der Waals surface area contributed by atoms with E-state index in [2.05, 4.69) is 10.6 Å². The van der Waals surface area contributed by atoms with Gasteiger partial charge in [0.15, 0.2) is 6.10 Å². The van der Waals surface area contributed by atoms with Crippen LogP contribution in [0.5, 0.6) is 5.75 Å². The van der Waals surface area contributed by atoms with Gasteiger partial charge in [-0.05, 0) is 24.6 Å². The van der Waals surface area contributed by atoms with Crippen LogP contribution in [0.15, 0.2) is 18.2 Å². The summed E-state index contributed by atoms with van der Waals surface area (Å²) in [6, 6.07) is 5.43. The molecule has 1 heterocycles. The molecule has 6 heteroatoms. The molecule has 1 atom stereocenters. The van der Waals surface area contributed by atoms with Gasteiger partial charge in [0.05, 0.1) is 5.69 Å². The molecule has 0 bridgehead atoms. The summed E-state index contributed by atoms with van der Waals surface area (Å²) in [6.45, 7) is 2.43. The topological polar surface area (TPSA) is 93.4 Å². The molecule has 4 N–H and O–H groups in total. The minimum atomic E-state index is -0.484. The number of ether oxygens (including phenoxy) is 1. The number of nitrogens with one attached hydrogen (secondary N) is 2. The number of anilines is 1. The number of hydrogen-bond donors (Lipinski definition) is 3. The van der Waals surface area contributed by atoms with Crippen molar-refractivity contribution in [3.63, 3.8) is 0 Å². The van der Waals surface area contributed by atoms with E-state index in [1.807, 2.05) is 6.07 Å². The fraction of sp³-hybridized carbons (Fsp3) is 0.385. The van der Waals surface area contributed by atoms with Crippen LogP contribution in [0.2, 0.25) is 0 Å². The van der Waals surface area contributed by atoms with Gasteiger partial charge in [0.1, 0.15) is 5.75 Å². The summed E-state index contributed by atoms with van der Waals surface area (Å²) in [5.74, 6) is 0.384. The monoisotopic (exact) mass is 263 g/mol. The number of amides is 2. The predicted octanol–water partition coefficient (Wildman–Crippen LogP) is 0.371. The normalized spacial score (nSPS) is 17.2.